The Hall–Kier alpha value is -3.30. The number of benzene rings is 3. The first-order chi connectivity index (χ1) is 14.3. The van der Waals surface area contributed by atoms with Gasteiger partial charge in [-0.15, -0.1) is 0 Å². The largest absolute Gasteiger partial charge is 0.226 e. The average Bonchev–Trinajstić information content (AvgIpc) is 2.79. The number of halogens is 1. The first-order valence-electron chi connectivity index (χ1n) is 9.61. The topological polar surface area (TPSA) is 38.7 Å². The van der Waals surface area contributed by atoms with Crippen molar-refractivity contribution in [2.75, 3.05) is 0 Å². The number of aromatic nitrogens is 3. The smallest absolute Gasteiger partial charge is 0.208 e. The maximum absolute atomic E-state index is 6.20. The van der Waals surface area contributed by atoms with Crippen molar-refractivity contribution in [3.05, 3.63) is 102 Å². The van der Waals surface area contributed by atoms with E-state index in [2.05, 4.69) is 69.6 Å². The molecule has 3 aromatic carbocycles. The molecule has 1 aromatic heterocycles. The zero-order valence-electron chi connectivity index (χ0n) is 15.7. The second-order valence-corrected chi connectivity index (χ2v) is 7.43. The molecule has 4 heteroatoms. The highest BCUT2D eigenvalue weighted by Gasteiger charge is 2.12. The van der Waals surface area contributed by atoms with Gasteiger partial charge in [0.05, 0.1) is 0 Å². The highest BCUT2D eigenvalue weighted by Crippen LogP contribution is 2.30. The Bertz CT molecular complexity index is 1250. The molecule has 3 nitrogen and oxygen atoms in total. The van der Waals surface area contributed by atoms with E-state index in [1.165, 1.54) is 10.9 Å². The van der Waals surface area contributed by atoms with E-state index in [4.69, 9.17) is 11.6 Å². The van der Waals surface area contributed by atoms with Crippen molar-refractivity contribution in [2.45, 2.75) is 12.3 Å². The predicted octanol–water partition coefficient (Wildman–Crippen LogP) is 6.61. The van der Waals surface area contributed by atoms with Crippen molar-refractivity contribution in [3.63, 3.8) is 0 Å². The number of fused-ring (bicyclic) bond motifs is 1. The second-order valence-electron chi connectivity index (χ2n) is 7.09. The first kappa shape index (κ1) is 17.8. The van der Waals surface area contributed by atoms with Crippen molar-refractivity contribution in [3.8, 4) is 22.8 Å². The summed E-state index contributed by atoms with van der Waals surface area (Å²) in [7, 11) is 0. The third kappa shape index (κ3) is 3.69. The maximum atomic E-state index is 6.20. The molecular weight excluding hydrogens is 378 g/mol. The highest BCUT2D eigenvalue weighted by molar-refractivity contribution is 6.28. The second kappa shape index (κ2) is 7.61. The van der Waals surface area contributed by atoms with E-state index >= 15 is 0 Å². The molecule has 1 heterocycles. The molecule has 0 saturated heterocycles. The van der Waals surface area contributed by atoms with Gasteiger partial charge in [0, 0.05) is 17.0 Å². The molecule has 1 unspecified atom stereocenters. The number of hydrogen-bond acceptors (Lipinski definition) is 3. The van der Waals surface area contributed by atoms with Crippen LogP contribution in [0.5, 0.6) is 0 Å². The summed E-state index contributed by atoms with van der Waals surface area (Å²) in [6, 6.07) is 22.7. The Morgan fingerprint density at radius 1 is 0.724 bits per heavy atom. The summed E-state index contributed by atoms with van der Waals surface area (Å²) in [5.74, 6) is 1.60. The van der Waals surface area contributed by atoms with Crippen molar-refractivity contribution in [1.29, 1.82) is 0 Å². The van der Waals surface area contributed by atoms with Crippen LogP contribution in [0.1, 0.15) is 17.9 Å². The van der Waals surface area contributed by atoms with Gasteiger partial charge in [0.25, 0.3) is 0 Å². The minimum Gasteiger partial charge on any atom is -0.208 e. The molecule has 1 aliphatic rings. The van der Waals surface area contributed by atoms with E-state index in [1.54, 1.807) is 0 Å². The molecule has 0 fully saturated rings. The zero-order chi connectivity index (χ0) is 19.6. The number of nitrogens with zero attached hydrogens (tertiary/aromatic N) is 3. The minimum atomic E-state index is 0.196. The van der Waals surface area contributed by atoms with Crippen molar-refractivity contribution < 1.29 is 0 Å². The van der Waals surface area contributed by atoms with Gasteiger partial charge in [-0.3, -0.25) is 0 Å². The lowest BCUT2D eigenvalue weighted by Gasteiger charge is -2.14. The van der Waals surface area contributed by atoms with Crippen molar-refractivity contribution in [1.82, 2.24) is 15.0 Å². The van der Waals surface area contributed by atoms with Gasteiger partial charge in [0.1, 0.15) is 0 Å². The van der Waals surface area contributed by atoms with E-state index in [-0.39, 0.29) is 5.28 Å². The molecule has 0 amide bonds. The molecule has 1 atom stereocenters. The van der Waals surface area contributed by atoms with Crippen LogP contribution in [-0.2, 0) is 0 Å². The number of allylic oxidation sites excluding steroid dienone is 4. The van der Waals surface area contributed by atoms with E-state index in [1.807, 2.05) is 36.4 Å². The lowest BCUT2D eigenvalue weighted by atomic mass is 9.91. The summed E-state index contributed by atoms with van der Waals surface area (Å²) in [6.45, 7) is 0. The van der Waals surface area contributed by atoms with Gasteiger partial charge in [-0.1, -0.05) is 85.0 Å². The van der Waals surface area contributed by atoms with Gasteiger partial charge in [-0.25, -0.2) is 4.98 Å². The molecule has 29 heavy (non-hydrogen) atoms. The lowest BCUT2D eigenvalue weighted by Crippen LogP contribution is -1.98. The maximum Gasteiger partial charge on any atom is 0.226 e. The fraction of sp³-hybridized carbons (Fsp3) is 0.0800. The number of rotatable bonds is 3. The third-order valence-electron chi connectivity index (χ3n) is 5.17. The SMILES string of the molecule is Clc1nc(-c2ccccc2)nc(-c2ccc3cc(C4C=CC=CC4)ccc3c2)n1. The van der Waals surface area contributed by atoms with E-state index in [0.29, 0.717) is 17.6 Å². The van der Waals surface area contributed by atoms with Crippen LogP contribution in [0.15, 0.2) is 91.0 Å². The zero-order valence-corrected chi connectivity index (χ0v) is 16.4. The summed E-state index contributed by atoms with van der Waals surface area (Å²) < 4.78 is 0. The summed E-state index contributed by atoms with van der Waals surface area (Å²) in [4.78, 5) is 13.3. The van der Waals surface area contributed by atoms with Gasteiger partial charge in [-0.05, 0) is 40.4 Å². The predicted molar refractivity (Wildman–Crippen MR) is 119 cm³/mol. The highest BCUT2D eigenvalue weighted by atomic mass is 35.5. The van der Waals surface area contributed by atoms with E-state index in [9.17, 15) is 0 Å². The first-order valence-corrected chi connectivity index (χ1v) is 9.98. The summed E-state index contributed by atoms with van der Waals surface area (Å²) in [6.07, 6.45) is 9.75. The Kier molecular flexibility index (Phi) is 4.66. The van der Waals surface area contributed by atoms with Crippen LogP contribution in [0.4, 0.5) is 0 Å². The van der Waals surface area contributed by atoms with Crippen LogP contribution in [0, 0.1) is 0 Å². The average molecular weight is 396 g/mol. The molecular formula is C25H18ClN3. The van der Waals surface area contributed by atoms with Crippen LogP contribution in [0.25, 0.3) is 33.5 Å². The molecule has 0 radical (unpaired) electrons. The number of hydrogen-bond donors (Lipinski definition) is 0. The Balaban J connectivity index is 1.53. The van der Waals surface area contributed by atoms with Crippen LogP contribution in [0.2, 0.25) is 5.28 Å². The minimum absolute atomic E-state index is 0.196. The summed E-state index contributed by atoms with van der Waals surface area (Å²) in [5.41, 5.74) is 3.17. The molecule has 0 bridgehead atoms. The van der Waals surface area contributed by atoms with E-state index < -0.39 is 0 Å². The molecule has 0 saturated carbocycles. The molecule has 4 aromatic rings. The van der Waals surface area contributed by atoms with E-state index in [0.717, 1.165) is 22.9 Å². The third-order valence-corrected chi connectivity index (χ3v) is 5.34. The van der Waals surface area contributed by atoms with Gasteiger partial charge >= 0.3 is 0 Å². The fourth-order valence-corrected chi connectivity index (χ4v) is 3.82. The van der Waals surface area contributed by atoms with Gasteiger partial charge in [0.2, 0.25) is 5.28 Å². The molecule has 0 N–H and O–H groups in total. The van der Waals surface area contributed by atoms with Gasteiger partial charge < -0.3 is 0 Å². The molecule has 140 valence electrons. The Morgan fingerprint density at radius 2 is 1.48 bits per heavy atom. The summed E-state index contributed by atoms with van der Waals surface area (Å²) >= 11 is 6.20. The Labute approximate surface area is 174 Å². The fourth-order valence-electron chi connectivity index (χ4n) is 3.66. The molecule has 1 aliphatic carbocycles. The Morgan fingerprint density at radius 3 is 2.28 bits per heavy atom. The van der Waals surface area contributed by atoms with Gasteiger partial charge in [-0.2, -0.15) is 9.97 Å². The van der Waals surface area contributed by atoms with Crippen molar-refractivity contribution in [2.24, 2.45) is 0 Å². The summed E-state index contributed by atoms with van der Waals surface area (Å²) in [5, 5.41) is 2.55. The standard InChI is InChI=1S/C25H18ClN3/c26-25-28-23(18-9-5-2-6-10-18)27-24(29-25)22-14-13-20-15-19(11-12-21(20)16-22)17-7-3-1-4-8-17/h1-7,9-17H,8H2. The van der Waals surface area contributed by atoms with Crippen LogP contribution in [-0.4, -0.2) is 15.0 Å². The van der Waals surface area contributed by atoms with Crippen LogP contribution < -0.4 is 0 Å². The molecule has 0 aliphatic heterocycles. The van der Waals surface area contributed by atoms with Crippen LogP contribution in [0.3, 0.4) is 0 Å². The molecule has 0 spiro atoms. The monoisotopic (exact) mass is 395 g/mol. The quantitative estimate of drug-likeness (QED) is 0.391. The normalized spacial score (nSPS) is 15.7. The van der Waals surface area contributed by atoms with Crippen LogP contribution >= 0.6 is 11.6 Å². The van der Waals surface area contributed by atoms with Crippen molar-refractivity contribution >= 4 is 22.4 Å². The molecule has 5 rings (SSSR count). The lowest BCUT2D eigenvalue weighted by molar-refractivity contribution is 0.855. The van der Waals surface area contributed by atoms with Gasteiger partial charge in [0.15, 0.2) is 11.6 Å².